The summed E-state index contributed by atoms with van der Waals surface area (Å²) in [5.41, 5.74) is 1.33. The van der Waals surface area contributed by atoms with Crippen LogP contribution in [0.25, 0.3) is 0 Å². The summed E-state index contributed by atoms with van der Waals surface area (Å²) in [6, 6.07) is 10.3. The fraction of sp³-hybridized carbons (Fsp3) is 0.714. The van der Waals surface area contributed by atoms with Gasteiger partial charge in [-0.2, -0.15) is 0 Å². The molecule has 1 aromatic carbocycles. The van der Waals surface area contributed by atoms with Gasteiger partial charge in [0, 0.05) is 5.33 Å². The van der Waals surface area contributed by atoms with E-state index < -0.39 is 0 Å². The Bertz CT molecular complexity index is 324. The summed E-state index contributed by atoms with van der Waals surface area (Å²) in [6.07, 6.45) is 14.4. The second-order valence-electron chi connectivity index (χ2n) is 6.60. The molecule has 0 amide bonds. The van der Waals surface area contributed by atoms with Crippen molar-refractivity contribution in [3.63, 3.8) is 0 Å². The lowest BCUT2D eigenvalue weighted by molar-refractivity contribution is 0.389. The highest BCUT2D eigenvalue weighted by molar-refractivity contribution is 9.08. The van der Waals surface area contributed by atoms with E-state index in [-0.39, 0.29) is 0 Å². The minimum absolute atomic E-state index is 0.952. The number of halogens is 1. The van der Waals surface area contributed by atoms with E-state index in [2.05, 4.69) is 54.0 Å². The van der Waals surface area contributed by atoms with Crippen molar-refractivity contribution in [1.29, 1.82) is 0 Å². The van der Waals surface area contributed by atoms with Gasteiger partial charge in [0.05, 0.1) is 0 Å². The van der Waals surface area contributed by atoms with Gasteiger partial charge in [-0.15, -0.1) is 0 Å². The van der Waals surface area contributed by atoms with Gasteiger partial charge in [0.15, 0.2) is 0 Å². The molecule has 23 heavy (non-hydrogen) atoms. The van der Waals surface area contributed by atoms with Gasteiger partial charge in [0.25, 0.3) is 0 Å². The third kappa shape index (κ3) is 17.8. The Labute approximate surface area is 154 Å². The first-order chi connectivity index (χ1) is 11.2. The zero-order chi connectivity index (χ0) is 17.2. The fourth-order valence-corrected chi connectivity index (χ4v) is 2.86. The van der Waals surface area contributed by atoms with E-state index in [4.69, 9.17) is 0 Å². The van der Waals surface area contributed by atoms with Crippen LogP contribution >= 0.6 is 15.9 Å². The Morgan fingerprint density at radius 3 is 1.61 bits per heavy atom. The van der Waals surface area contributed by atoms with Gasteiger partial charge in [-0.25, -0.2) is 0 Å². The van der Waals surface area contributed by atoms with Crippen molar-refractivity contribution >= 4 is 15.9 Å². The molecule has 0 aromatic heterocycles. The zero-order valence-electron chi connectivity index (χ0n) is 15.7. The first-order valence-electron chi connectivity index (χ1n) is 9.45. The van der Waals surface area contributed by atoms with Crippen molar-refractivity contribution in [2.75, 3.05) is 20.6 Å². The molecule has 1 nitrogen and oxygen atoms in total. The van der Waals surface area contributed by atoms with Crippen LogP contribution in [0.4, 0.5) is 0 Å². The Morgan fingerprint density at radius 2 is 1.22 bits per heavy atom. The van der Waals surface area contributed by atoms with Crippen LogP contribution in [0.2, 0.25) is 0 Å². The molecular weight excluding hydrogens is 346 g/mol. The van der Waals surface area contributed by atoms with Gasteiger partial charge in [-0.05, 0) is 32.6 Å². The Morgan fingerprint density at radius 1 is 0.739 bits per heavy atom. The molecule has 134 valence electrons. The SMILES string of the molecule is BrCc1ccccc1.CCCCCCCCCCCCN(C)C. The van der Waals surface area contributed by atoms with Crippen molar-refractivity contribution in [2.45, 2.75) is 76.5 Å². The van der Waals surface area contributed by atoms with Crippen LogP contribution in [0.1, 0.15) is 76.7 Å². The fourth-order valence-electron chi connectivity index (χ4n) is 2.48. The highest BCUT2D eigenvalue weighted by atomic mass is 79.9. The third-order valence-corrected chi connectivity index (χ3v) is 4.60. The van der Waals surface area contributed by atoms with Crippen molar-refractivity contribution in [2.24, 2.45) is 0 Å². The number of nitrogens with zero attached hydrogens (tertiary/aromatic N) is 1. The minimum Gasteiger partial charge on any atom is -0.309 e. The molecular formula is C21H38BrN. The molecule has 0 aliphatic rings. The summed E-state index contributed by atoms with van der Waals surface area (Å²) < 4.78 is 0. The first kappa shape index (κ1) is 22.7. The molecule has 2 heteroatoms. The van der Waals surface area contributed by atoms with E-state index in [0.29, 0.717) is 0 Å². The predicted molar refractivity (Wildman–Crippen MR) is 109 cm³/mol. The molecule has 0 fully saturated rings. The van der Waals surface area contributed by atoms with Crippen molar-refractivity contribution < 1.29 is 0 Å². The van der Waals surface area contributed by atoms with Gasteiger partial charge in [-0.1, -0.05) is 111 Å². The standard InChI is InChI=1S/C14H31N.C7H7Br/c1-4-5-6-7-8-9-10-11-12-13-14-15(2)3;8-6-7-4-2-1-3-5-7/h4-14H2,1-3H3;1-5H,6H2. The van der Waals surface area contributed by atoms with Crippen molar-refractivity contribution in [3.05, 3.63) is 35.9 Å². The molecule has 0 unspecified atom stereocenters. The summed E-state index contributed by atoms with van der Waals surface area (Å²) in [7, 11) is 4.32. The maximum absolute atomic E-state index is 3.36. The van der Waals surface area contributed by atoms with Crippen molar-refractivity contribution in [1.82, 2.24) is 4.90 Å². The lowest BCUT2D eigenvalue weighted by atomic mass is 10.1. The maximum atomic E-state index is 3.36. The second-order valence-corrected chi connectivity index (χ2v) is 7.17. The maximum Gasteiger partial charge on any atom is 0.0283 e. The van der Waals surface area contributed by atoms with Crippen LogP contribution in [0, 0.1) is 0 Å². The molecule has 1 aromatic rings. The minimum atomic E-state index is 0.952. The van der Waals surface area contributed by atoms with E-state index in [1.807, 2.05) is 18.2 Å². The van der Waals surface area contributed by atoms with E-state index >= 15 is 0 Å². The molecule has 0 saturated carbocycles. The molecule has 1 rings (SSSR count). The van der Waals surface area contributed by atoms with E-state index in [1.54, 1.807) is 0 Å². The topological polar surface area (TPSA) is 3.24 Å². The number of unbranched alkanes of at least 4 members (excludes halogenated alkanes) is 9. The Balaban J connectivity index is 0.000000502. The molecule has 0 aliphatic heterocycles. The summed E-state index contributed by atoms with van der Waals surface area (Å²) in [5, 5.41) is 0.952. The number of benzene rings is 1. The molecule has 0 saturated heterocycles. The molecule has 0 aliphatic carbocycles. The molecule has 0 radical (unpaired) electrons. The molecule has 0 N–H and O–H groups in total. The van der Waals surface area contributed by atoms with Crippen molar-refractivity contribution in [3.8, 4) is 0 Å². The van der Waals surface area contributed by atoms with Gasteiger partial charge in [0.2, 0.25) is 0 Å². The number of hydrogen-bond donors (Lipinski definition) is 0. The quantitative estimate of drug-likeness (QED) is 0.276. The lowest BCUT2D eigenvalue weighted by Crippen LogP contribution is -2.12. The number of alkyl halides is 1. The lowest BCUT2D eigenvalue weighted by Gasteiger charge is -2.08. The zero-order valence-corrected chi connectivity index (χ0v) is 17.3. The van der Waals surface area contributed by atoms with Gasteiger partial charge in [-0.3, -0.25) is 0 Å². The van der Waals surface area contributed by atoms with Gasteiger partial charge < -0.3 is 4.90 Å². The van der Waals surface area contributed by atoms with Crippen LogP contribution in [0.15, 0.2) is 30.3 Å². The molecule has 0 bridgehead atoms. The van der Waals surface area contributed by atoms with Crippen LogP contribution in [0.3, 0.4) is 0 Å². The average Bonchev–Trinajstić information content (AvgIpc) is 2.57. The number of hydrogen-bond acceptors (Lipinski definition) is 1. The normalized spacial score (nSPS) is 10.5. The Kier molecular flexibility index (Phi) is 17.7. The van der Waals surface area contributed by atoms with Crippen LogP contribution < -0.4 is 0 Å². The molecule has 0 heterocycles. The average molecular weight is 384 g/mol. The Hall–Kier alpha value is -0.340. The van der Waals surface area contributed by atoms with Gasteiger partial charge in [0.1, 0.15) is 0 Å². The summed E-state index contributed by atoms with van der Waals surface area (Å²) >= 11 is 3.36. The molecule has 0 spiro atoms. The van der Waals surface area contributed by atoms with E-state index in [0.717, 1.165) is 5.33 Å². The summed E-state index contributed by atoms with van der Waals surface area (Å²) in [5.74, 6) is 0. The predicted octanol–water partition coefficient (Wildman–Crippen LogP) is 7.05. The first-order valence-corrected chi connectivity index (χ1v) is 10.6. The number of rotatable bonds is 12. The van der Waals surface area contributed by atoms with E-state index in [1.165, 1.54) is 76.3 Å². The van der Waals surface area contributed by atoms with E-state index in [9.17, 15) is 0 Å². The second kappa shape index (κ2) is 18.0. The molecule has 0 atom stereocenters. The smallest absolute Gasteiger partial charge is 0.0283 e. The monoisotopic (exact) mass is 383 g/mol. The summed E-state index contributed by atoms with van der Waals surface area (Å²) in [4.78, 5) is 2.28. The highest BCUT2D eigenvalue weighted by Gasteiger charge is 1.93. The largest absolute Gasteiger partial charge is 0.309 e. The van der Waals surface area contributed by atoms with Crippen LogP contribution in [-0.4, -0.2) is 25.5 Å². The summed E-state index contributed by atoms with van der Waals surface area (Å²) in [6.45, 7) is 3.54. The van der Waals surface area contributed by atoms with Gasteiger partial charge >= 0.3 is 0 Å². The third-order valence-electron chi connectivity index (χ3n) is 3.96. The van der Waals surface area contributed by atoms with Crippen LogP contribution in [0.5, 0.6) is 0 Å². The highest BCUT2D eigenvalue weighted by Crippen LogP contribution is 2.10. The van der Waals surface area contributed by atoms with Crippen LogP contribution in [-0.2, 0) is 5.33 Å².